The van der Waals surface area contributed by atoms with Gasteiger partial charge in [0.05, 0.1) is 6.42 Å². The summed E-state index contributed by atoms with van der Waals surface area (Å²) in [5.41, 5.74) is -0.0627. The maximum Gasteiger partial charge on any atom is 0.336 e. The van der Waals surface area contributed by atoms with Crippen LogP contribution in [0, 0.1) is 0 Å². The maximum absolute atomic E-state index is 12.1. The molecule has 2 rings (SSSR count). The van der Waals surface area contributed by atoms with Crippen molar-refractivity contribution in [2.24, 2.45) is 0 Å². The number of benzene rings is 1. The number of carboxylic acid groups (broad SMARTS) is 1. The van der Waals surface area contributed by atoms with Crippen LogP contribution in [0.4, 0.5) is 0 Å². The normalized spacial score (nSPS) is 12.0. The van der Waals surface area contributed by atoms with E-state index in [2.05, 4.69) is 5.32 Å². The van der Waals surface area contributed by atoms with Crippen molar-refractivity contribution in [1.82, 2.24) is 5.32 Å². The molecule has 7 nitrogen and oxygen atoms in total. The van der Waals surface area contributed by atoms with Gasteiger partial charge >= 0.3 is 11.6 Å². The molecule has 0 spiro atoms. The Balaban J connectivity index is 2.25. The Labute approximate surface area is 131 Å². The van der Waals surface area contributed by atoms with Crippen molar-refractivity contribution in [2.75, 3.05) is 0 Å². The summed E-state index contributed by atoms with van der Waals surface area (Å²) < 4.78 is 4.98. The molecule has 0 bridgehead atoms. The topological polar surface area (TPSA) is 117 Å². The predicted octanol–water partition coefficient (Wildman–Crippen LogP) is 1.41. The zero-order valence-electron chi connectivity index (χ0n) is 12.5. The molecular formula is C16H17NO6. The SMILES string of the molecule is CCC[C@@H](NC(=O)Cc1cc(=O)oc2cc(O)ccc12)C(=O)O. The Morgan fingerprint density at radius 3 is 2.70 bits per heavy atom. The number of phenols is 1. The van der Waals surface area contributed by atoms with Crippen molar-refractivity contribution < 1.29 is 24.2 Å². The second-order valence-electron chi connectivity index (χ2n) is 5.19. The Bertz CT molecular complexity index is 795. The zero-order valence-corrected chi connectivity index (χ0v) is 12.5. The summed E-state index contributed by atoms with van der Waals surface area (Å²) in [4.78, 5) is 34.7. The number of carbonyl (C=O) groups is 2. The number of amides is 1. The number of carboxylic acids is 1. The first-order valence-electron chi connectivity index (χ1n) is 7.18. The molecule has 122 valence electrons. The van der Waals surface area contributed by atoms with Gasteiger partial charge in [0.1, 0.15) is 17.4 Å². The Morgan fingerprint density at radius 2 is 2.04 bits per heavy atom. The molecule has 1 amide bonds. The summed E-state index contributed by atoms with van der Waals surface area (Å²) in [6, 6.07) is 4.48. The number of aliphatic carboxylic acids is 1. The van der Waals surface area contributed by atoms with Gasteiger partial charge in [-0.3, -0.25) is 4.79 Å². The molecule has 7 heteroatoms. The number of aromatic hydroxyl groups is 1. The third kappa shape index (κ3) is 4.09. The highest BCUT2D eigenvalue weighted by molar-refractivity contribution is 5.89. The molecule has 3 N–H and O–H groups in total. The van der Waals surface area contributed by atoms with Crippen LogP contribution < -0.4 is 10.9 Å². The van der Waals surface area contributed by atoms with E-state index in [-0.39, 0.29) is 17.8 Å². The molecule has 0 radical (unpaired) electrons. The van der Waals surface area contributed by atoms with Gasteiger partial charge in [0, 0.05) is 17.5 Å². The minimum atomic E-state index is -1.09. The van der Waals surface area contributed by atoms with Crippen molar-refractivity contribution >= 4 is 22.8 Å². The fourth-order valence-corrected chi connectivity index (χ4v) is 2.33. The summed E-state index contributed by atoms with van der Waals surface area (Å²) in [5, 5.41) is 21.4. The van der Waals surface area contributed by atoms with E-state index < -0.39 is 23.5 Å². The molecule has 23 heavy (non-hydrogen) atoms. The number of hydrogen-bond acceptors (Lipinski definition) is 5. The second-order valence-corrected chi connectivity index (χ2v) is 5.19. The van der Waals surface area contributed by atoms with Crippen LogP contribution in [0.3, 0.4) is 0 Å². The van der Waals surface area contributed by atoms with E-state index in [1.165, 1.54) is 24.3 Å². The van der Waals surface area contributed by atoms with Gasteiger partial charge < -0.3 is 19.9 Å². The minimum Gasteiger partial charge on any atom is -0.508 e. The molecule has 1 aromatic heterocycles. The molecular weight excluding hydrogens is 302 g/mol. The lowest BCUT2D eigenvalue weighted by atomic mass is 10.1. The lowest BCUT2D eigenvalue weighted by Gasteiger charge is -2.13. The first-order valence-corrected chi connectivity index (χ1v) is 7.18. The molecule has 1 heterocycles. The summed E-state index contributed by atoms with van der Waals surface area (Å²) in [5.74, 6) is -1.65. The van der Waals surface area contributed by atoms with E-state index >= 15 is 0 Å². The molecule has 2 aromatic rings. The Morgan fingerprint density at radius 1 is 1.30 bits per heavy atom. The molecule has 0 saturated heterocycles. The number of rotatable bonds is 6. The lowest BCUT2D eigenvalue weighted by Crippen LogP contribution is -2.41. The van der Waals surface area contributed by atoms with Gasteiger partial charge in [0.25, 0.3) is 0 Å². The van der Waals surface area contributed by atoms with Crippen LogP contribution in [0.5, 0.6) is 5.75 Å². The number of hydrogen-bond donors (Lipinski definition) is 3. The summed E-state index contributed by atoms with van der Waals surface area (Å²) >= 11 is 0. The first-order chi connectivity index (χ1) is 10.9. The van der Waals surface area contributed by atoms with Gasteiger partial charge in [-0.25, -0.2) is 9.59 Å². The fourth-order valence-electron chi connectivity index (χ4n) is 2.33. The van der Waals surface area contributed by atoms with E-state index in [4.69, 9.17) is 9.52 Å². The summed E-state index contributed by atoms with van der Waals surface area (Å²) in [7, 11) is 0. The van der Waals surface area contributed by atoms with Crippen molar-refractivity contribution in [1.29, 1.82) is 0 Å². The van der Waals surface area contributed by atoms with Gasteiger partial charge in [0.2, 0.25) is 5.91 Å². The summed E-state index contributed by atoms with van der Waals surface area (Å²) in [6.07, 6.45) is 0.793. The average molecular weight is 319 g/mol. The molecule has 0 saturated carbocycles. The zero-order chi connectivity index (χ0) is 17.0. The van der Waals surface area contributed by atoms with Crippen molar-refractivity contribution in [3.05, 3.63) is 40.2 Å². The van der Waals surface area contributed by atoms with Gasteiger partial charge in [-0.15, -0.1) is 0 Å². The highest BCUT2D eigenvalue weighted by Gasteiger charge is 2.19. The van der Waals surface area contributed by atoms with Crippen LogP contribution in [0.25, 0.3) is 11.0 Å². The van der Waals surface area contributed by atoms with Crippen LogP contribution in [-0.2, 0) is 16.0 Å². The molecule has 0 aliphatic carbocycles. The van der Waals surface area contributed by atoms with E-state index in [1.807, 2.05) is 6.92 Å². The molecule has 0 aliphatic rings. The van der Waals surface area contributed by atoms with E-state index in [0.717, 1.165) is 0 Å². The fraction of sp³-hybridized carbons (Fsp3) is 0.312. The number of fused-ring (bicyclic) bond motifs is 1. The molecule has 1 aromatic carbocycles. The predicted molar refractivity (Wildman–Crippen MR) is 82.3 cm³/mol. The standard InChI is InChI=1S/C16H17NO6/c1-2-3-12(16(21)22)17-14(19)6-9-7-15(20)23-13-8-10(18)4-5-11(9)13/h4-5,7-8,12,18H,2-3,6H2,1H3,(H,17,19)(H,21,22)/t12-/m1/s1. The smallest absolute Gasteiger partial charge is 0.336 e. The lowest BCUT2D eigenvalue weighted by molar-refractivity contribution is -0.141. The van der Waals surface area contributed by atoms with Gasteiger partial charge in [0.15, 0.2) is 0 Å². The van der Waals surface area contributed by atoms with Gasteiger partial charge in [-0.2, -0.15) is 0 Å². The minimum absolute atomic E-state index is 0.0591. The van der Waals surface area contributed by atoms with E-state index in [0.29, 0.717) is 23.8 Å². The van der Waals surface area contributed by atoms with E-state index in [1.54, 1.807) is 0 Å². The third-order valence-electron chi connectivity index (χ3n) is 3.38. The quantitative estimate of drug-likeness (QED) is 0.693. The van der Waals surface area contributed by atoms with Gasteiger partial charge in [-0.1, -0.05) is 13.3 Å². The number of carbonyl (C=O) groups excluding carboxylic acids is 1. The maximum atomic E-state index is 12.1. The average Bonchev–Trinajstić information content (AvgIpc) is 2.45. The monoisotopic (exact) mass is 319 g/mol. The Hall–Kier alpha value is -2.83. The van der Waals surface area contributed by atoms with Crippen LogP contribution >= 0.6 is 0 Å². The van der Waals surface area contributed by atoms with Crippen LogP contribution in [0.15, 0.2) is 33.5 Å². The number of nitrogens with one attached hydrogen (secondary N) is 1. The van der Waals surface area contributed by atoms with E-state index in [9.17, 15) is 19.5 Å². The molecule has 0 unspecified atom stereocenters. The second kappa shape index (κ2) is 6.95. The largest absolute Gasteiger partial charge is 0.508 e. The van der Waals surface area contributed by atoms with Gasteiger partial charge in [-0.05, 0) is 24.1 Å². The van der Waals surface area contributed by atoms with Crippen molar-refractivity contribution in [3.63, 3.8) is 0 Å². The molecule has 0 fully saturated rings. The summed E-state index contributed by atoms with van der Waals surface area (Å²) in [6.45, 7) is 1.82. The highest BCUT2D eigenvalue weighted by Crippen LogP contribution is 2.22. The first kappa shape index (κ1) is 16.5. The van der Waals surface area contributed by atoms with Crippen LogP contribution in [0.1, 0.15) is 25.3 Å². The third-order valence-corrected chi connectivity index (χ3v) is 3.38. The number of phenolic OH excluding ortho intramolecular Hbond substituents is 1. The van der Waals surface area contributed by atoms with Crippen LogP contribution in [0.2, 0.25) is 0 Å². The van der Waals surface area contributed by atoms with Crippen molar-refractivity contribution in [2.45, 2.75) is 32.2 Å². The Kier molecular flexibility index (Phi) is 5.00. The van der Waals surface area contributed by atoms with Crippen molar-refractivity contribution in [3.8, 4) is 5.75 Å². The molecule has 1 atom stereocenters. The molecule has 0 aliphatic heterocycles. The highest BCUT2D eigenvalue weighted by atomic mass is 16.4. The van der Waals surface area contributed by atoms with Crippen LogP contribution in [-0.4, -0.2) is 28.1 Å².